The number of allylic oxidation sites excluding steroid dienone is 3. The van der Waals surface area contributed by atoms with Gasteiger partial charge in [0.25, 0.3) is 10.1 Å². The molecule has 0 radical (unpaired) electrons. The van der Waals surface area contributed by atoms with Crippen molar-refractivity contribution < 1.29 is 28.0 Å². The van der Waals surface area contributed by atoms with Crippen LogP contribution in [0, 0.1) is 0 Å². The van der Waals surface area contributed by atoms with Crippen molar-refractivity contribution in [1.82, 2.24) is 5.32 Å². The molecule has 0 aliphatic carbocycles. The molecule has 0 fully saturated rings. The van der Waals surface area contributed by atoms with Crippen LogP contribution in [0.5, 0.6) is 0 Å². The third kappa shape index (κ3) is 29.3. The molecule has 0 aliphatic heterocycles. The summed E-state index contributed by atoms with van der Waals surface area (Å²) in [5, 5.41) is 23.2. The van der Waals surface area contributed by atoms with E-state index in [-0.39, 0.29) is 6.42 Å². The van der Waals surface area contributed by atoms with Gasteiger partial charge in [-0.1, -0.05) is 147 Å². The van der Waals surface area contributed by atoms with Gasteiger partial charge in [-0.05, 0) is 44.9 Å². The summed E-state index contributed by atoms with van der Waals surface area (Å²) >= 11 is 0. The van der Waals surface area contributed by atoms with Crippen LogP contribution < -0.4 is 5.32 Å². The maximum Gasteiger partial charge on any atom is 0.267 e. The molecule has 0 rings (SSSR count). The van der Waals surface area contributed by atoms with E-state index in [0.717, 1.165) is 44.9 Å². The zero-order valence-corrected chi connectivity index (χ0v) is 28.5. The number of hydrogen-bond donors (Lipinski definition) is 4. The van der Waals surface area contributed by atoms with Crippen molar-refractivity contribution in [1.29, 1.82) is 0 Å². The lowest BCUT2D eigenvalue weighted by molar-refractivity contribution is -0.130. The average molecular weight is 630 g/mol. The normalized spacial score (nSPS) is 14.4. The summed E-state index contributed by atoms with van der Waals surface area (Å²) in [6.07, 6.45) is 32.4. The fourth-order valence-corrected chi connectivity index (χ4v) is 5.95. The molecule has 0 aromatic rings. The second kappa shape index (κ2) is 29.5. The largest absolute Gasteiger partial charge is 0.387 e. The molecule has 8 heteroatoms. The molecule has 0 aliphatic rings. The van der Waals surface area contributed by atoms with Gasteiger partial charge >= 0.3 is 0 Å². The van der Waals surface area contributed by atoms with Crippen molar-refractivity contribution in [2.75, 3.05) is 5.75 Å². The lowest BCUT2D eigenvalue weighted by Gasteiger charge is -2.22. The Balaban J connectivity index is 4.12. The zero-order valence-electron chi connectivity index (χ0n) is 27.7. The number of unbranched alkanes of at least 4 members (excludes halogenated alkanes) is 20. The van der Waals surface area contributed by atoms with Crippen molar-refractivity contribution in [3.05, 3.63) is 24.3 Å². The maximum absolute atomic E-state index is 12.5. The molecule has 7 nitrogen and oxygen atoms in total. The molecule has 3 atom stereocenters. The highest BCUT2D eigenvalue weighted by Crippen LogP contribution is 2.13. The van der Waals surface area contributed by atoms with Crippen molar-refractivity contribution in [2.24, 2.45) is 0 Å². The topological polar surface area (TPSA) is 124 Å². The summed E-state index contributed by atoms with van der Waals surface area (Å²) in [4.78, 5) is 12.5. The standard InChI is InChI=1S/C35H67NO6S/c1-3-5-7-9-11-13-15-16-17-18-19-20-22-24-26-28-30-34(38)35(39)36-32(31-43(40,41)42)33(37)29-27-25-23-21-14-12-10-8-6-4-2/h16-17,27,29,32-34,37-38H,3-15,18-26,28,30-31H2,1-2H3,(H,36,39)(H,40,41,42)/b17-16-,29-27+. The molecule has 254 valence electrons. The molecular formula is C35H67NO6S. The van der Waals surface area contributed by atoms with Gasteiger partial charge < -0.3 is 15.5 Å². The molecule has 43 heavy (non-hydrogen) atoms. The van der Waals surface area contributed by atoms with E-state index in [0.29, 0.717) is 6.42 Å². The first-order chi connectivity index (χ1) is 20.7. The number of amides is 1. The molecule has 0 saturated heterocycles. The molecule has 0 spiro atoms. The number of rotatable bonds is 31. The minimum absolute atomic E-state index is 0.274. The van der Waals surface area contributed by atoms with Gasteiger partial charge in [-0.2, -0.15) is 8.42 Å². The highest BCUT2D eigenvalue weighted by molar-refractivity contribution is 7.85. The monoisotopic (exact) mass is 629 g/mol. The SMILES string of the molecule is CCCCCCCC/C=C\CCCCCCCCC(O)C(=O)NC(CS(=O)(=O)O)C(O)/C=C/CCCCCCCCCC. The summed E-state index contributed by atoms with van der Waals surface area (Å²) in [6, 6.07) is -1.23. The summed E-state index contributed by atoms with van der Waals surface area (Å²) in [6.45, 7) is 4.45. The predicted octanol–water partition coefficient (Wildman–Crippen LogP) is 8.60. The predicted molar refractivity (Wildman–Crippen MR) is 181 cm³/mol. The van der Waals surface area contributed by atoms with E-state index < -0.39 is 40.0 Å². The van der Waals surface area contributed by atoms with Gasteiger partial charge in [-0.15, -0.1) is 0 Å². The van der Waals surface area contributed by atoms with Crippen LogP contribution in [0.2, 0.25) is 0 Å². The van der Waals surface area contributed by atoms with Crippen molar-refractivity contribution in [3.63, 3.8) is 0 Å². The molecule has 0 bridgehead atoms. The molecule has 3 unspecified atom stereocenters. The van der Waals surface area contributed by atoms with Gasteiger partial charge in [0.2, 0.25) is 5.91 Å². The highest BCUT2D eigenvalue weighted by atomic mass is 32.2. The van der Waals surface area contributed by atoms with E-state index in [1.807, 2.05) is 0 Å². The second-order valence-electron chi connectivity index (χ2n) is 12.3. The van der Waals surface area contributed by atoms with Crippen LogP contribution in [0.1, 0.15) is 168 Å². The van der Waals surface area contributed by atoms with Gasteiger partial charge in [0, 0.05) is 0 Å². The zero-order chi connectivity index (χ0) is 32.0. The fraction of sp³-hybridized carbons (Fsp3) is 0.857. The first-order valence-corrected chi connectivity index (χ1v) is 19.3. The van der Waals surface area contributed by atoms with Crippen LogP contribution >= 0.6 is 0 Å². The maximum atomic E-state index is 12.5. The Morgan fingerprint density at radius 3 is 1.47 bits per heavy atom. The van der Waals surface area contributed by atoms with Crippen LogP contribution in [0.4, 0.5) is 0 Å². The minimum atomic E-state index is -4.43. The van der Waals surface area contributed by atoms with E-state index in [9.17, 15) is 28.0 Å². The Morgan fingerprint density at radius 1 is 0.628 bits per heavy atom. The Kier molecular flexibility index (Phi) is 28.7. The Hall–Kier alpha value is -1.22. The van der Waals surface area contributed by atoms with Crippen LogP contribution in [-0.4, -0.2) is 53.1 Å². The van der Waals surface area contributed by atoms with E-state index in [1.54, 1.807) is 6.08 Å². The summed E-state index contributed by atoms with van der Waals surface area (Å²) < 4.78 is 32.3. The number of carbonyl (C=O) groups excluding carboxylic acids is 1. The number of aliphatic hydroxyl groups is 2. The first kappa shape index (κ1) is 41.8. The number of hydrogen-bond acceptors (Lipinski definition) is 5. The Morgan fingerprint density at radius 2 is 1.02 bits per heavy atom. The average Bonchev–Trinajstić information content (AvgIpc) is 2.96. The molecule has 0 aromatic carbocycles. The van der Waals surface area contributed by atoms with Crippen molar-refractivity contribution in [2.45, 2.75) is 186 Å². The highest BCUT2D eigenvalue weighted by Gasteiger charge is 2.27. The van der Waals surface area contributed by atoms with E-state index in [1.165, 1.54) is 102 Å². The van der Waals surface area contributed by atoms with Crippen molar-refractivity contribution >= 4 is 16.0 Å². The lowest BCUT2D eigenvalue weighted by Crippen LogP contribution is -2.50. The Bertz CT molecular complexity index is 798. The summed E-state index contributed by atoms with van der Waals surface area (Å²) in [7, 11) is -4.43. The van der Waals surface area contributed by atoms with Gasteiger partial charge in [-0.25, -0.2) is 0 Å². The second-order valence-corrected chi connectivity index (χ2v) is 13.8. The van der Waals surface area contributed by atoms with E-state index in [4.69, 9.17) is 0 Å². The lowest BCUT2D eigenvalue weighted by atomic mass is 10.0. The quantitative estimate of drug-likeness (QED) is 0.0346. The number of carbonyl (C=O) groups is 1. The third-order valence-corrected chi connectivity index (χ3v) is 8.76. The van der Waals surface area contributed by atoms with Crippen LogP contribution in [0.15, 0.2) is 24.3 Å². The number of aliphatic hydroxyl groups excluding tert-OH is 2. The molecule has 4 N–H and O–H groups in total. The number of nitrogens with one attached hydrogen (secondary N) is 1. The molecule has 1 amide bonds. The molecular weight excluding hydrogens is 562 g/mol. The third-order valence-electron chi connectivity index (χ3n) is 7.98. The van der Waals surface area contributed by atoms with E-state index in [2.05, 4.69) is 31.3 Å². The van der Waals surface area contributed by atoms with Gasteiger partial charge in [0.05, 0.1) is 17.9 Å². The Labute approximate surface area is 265 Å². The van der Waals surface area contributed by atoms with Gasteiger partial charge in [0.1, 0.15) is 6.10 Å². The smallest absolute Gasteiger partial charge is 0.267 e. The van der Waals surface area contributed by atoms with E-state index >= 15 is 0 Å². The molecule has 0 heterocycles. The van der Waals surface area contributed by atoms with Gasteiger partial charge in [0.15, 0.2) is 0 Å². The molecule has 0 saturated carbocycles. The van der Waals surface area contributed by atoms with Gasteiger partial charge in [-0.3, -0.25) is 9.35 Å². The van der Waals surface area contributed by atoms with Crippen LogP contribution in [0.25, 0.3) is 0 Å². The van der Waals surface area contributed by atoms with Crippen LogP contribution in [0.3, 0.4) is 0 Å². The molecule has 0 aromatic heterocycles. The van der Waals surface area contributed by atoms with Crippen LogP contribution in [-0.2, 0) is 14.9 Å². The first-order valence-electron chi connectivity index (χ1n) is 17.6. The van der Waals surface area contributed by atoms with Crippen molar-refractivity contribution in [3.8, 4) is 0 Å². The fourth-order valence-electron chi connectivity index (χ4n) is 5.21. The summed E-state index contributed by atoms with van der Waals surface area (Å²) in [5.41, 5.74) is 0. The summed E-state index contributed by atoms with van der Waals surface area (Å²) in [5.74, 6) is -1.54. The minimum Gasteiger partial charge on any atom is -0.387 e.